The normalized spacial score (nSPS) is 11.0. The van der Waals surface area contributed by atoms with Crippen molar-refractivity contribution in [3.8, 4) is 0 Å². The number of H-pyrrole nitrogens is 1. The standard InChI is InChI=1S/C21H17N3O3/c25-19(22-16-10-9-14-5-1-2-6-15(14)13-16)11-12-24-21(27)18-8-4-3-7-17(18)20(26)23-24/h1-10,13H,11-12H2,(H,22,25)(H,23,26). The quantitative estimate of drug-likeness (QED) is 0.588. The van der Waals surface area contributed by atoms with Crippen LogP contribution in [0.5, 0.6) is 0 Å². The fourth-order valence-electron chi connectivity index (χ4n) is 3.11. The zero-order valence-electron chi connectivity index (χ0n) is 14.4. The first-order valence-electron chi connectivity index (χ1n) is 8.62. The van der Waals surface area contributed by atoms with Crippen LogP contribution in [-0.4, -0.2) is 15.7 Å². The largest absolute Gasteiger partial charge is 0.326 e. The molecule has 27 heavy (non-hydrogen) atoms. The summed E-state index contributed by atoms with van der Waals surface area (Å²) >= 11 is 0. The average Bonchev–Trinajstić information content (AvgIpc) is 2.69. The maximum absolute atomic E-state index is 12.5. The van der Waals surface area contributed by atoms with E-state index in [1.807, 2.05) is 42.5 Å². The Balaban J connectivity index is 1.50. The van der Waals surface area contributed by atoms with E-state index in [-0.39, 0.29) is 30.0 Å². The van der Waals surface area contributed by atoms with Crippen LogP contribution in [-0.2, 0) is 11.3 Å². The van der Waals surface area contributed by atoms with Crippen molar-refractivity contribution in [3.05, 3.63) is 87.4 Å². The van der Waals surface area contributed by atoms with Gasteiger partial charge < -0.3 is 5.32 Å². The summed E-state index contributed by atoms with van der Waals surface area (Å²) < 4.78 is 1.19. The molecule has 2 N–H and O–H groups in total. The smallest absolute Gasteiger partial charge is 0.273 e. The Morgan fingerprint density at radius 1 is 0.889 bits per heavy atom. The molecule has 3 aromatic carbocycles. The van der Waals surface area contributed by atoms with Crippen LogP contribution in [0.4, 0.5) is 5.69 Å². The third-order valence-corrected chi connectivity index (χ3v) is 4.48. The number of carbonyl (C=O) groups is 1. The minimum Gasteiger partial charge on any atom is -0.326 e. The third-order valence-electron chi connectivity index (χ3n) is 4.48. The summed E-state index contributed by atoms with van der Waals surface area (Å²) in [6, 6.07) is 20.2. The lowest BCUT2D eigenvalue weighted by atomic mass is 10.1. The summed E-state index contributed by atoms with van der Waals surface area (Å²) in [6.45, 7) is 0.0956. The van der Waals surface area contributed by atoms with Crippen molar-refractivity contribution >= 4 is 33.1 Å². The number of fused-ring (bicyclic) bond motifs is 2. The molecule has 4 aromatic rings. The van der Waals surface area contributed by atoms with Gasteiger partial charge in [0.15, 0.2) is 0 Å². The number of hydrogen-bond donors (Lipinski definition) is 2. The predicted octanol–water partition coefficient (Wildman–Crippen LogP) is 2.87. The SMILES string of the molecule is O=C(CCn1[nH]c(=O)c2ccccc2c1=O)Nc1ccc2ccccc2c1. The number of aromatic nitrogens is 2. The van der Waals surface area contributed by atoms with Gasteiger partial charge in [-0.2, -0.15) is 0 Å². The van der Waals surface area contributed by atoms with E-state index < -0.39 is 0 Å². The van der Waals surface area contributed by atoms with Crippen LogP contribution < -0.4 is 16.4 Å². The number of carbonyl (C=O) groups excluding carboxylic acids is 1. The van der Waals surface area contributed by atoms with Gasteiger partial charge >= 0.3 is 0 Å². The van der Waals surface area contributed by atoms with Crippen molar-refractivity contribution in [1.82, 2.24) is 9.78 Å². The lowest BCUT2D eigenvalue weighted by molar-refractivity contribution is -0.116. The van der Waals surface area contributed by atoms with Crippen LogP contribution in [0.1, 0.15) is 6.42 Å². The van der Waals surface area contributed by atoms with Crippen molar-refractivity contribution < 1.29 is 4.79 Å². The molecule has 1 heterocycles. The highest BCUT2D eigenvalue weighted by Crippen LogP contribution is 2.18. The van der Waals surface area contributed by atoms with Gasteiger partial charge in [0.05, 0.1) is 17.3 Å². The Labute approximate surface area is 154 Å². The fourth-order valence-corrected chi connectivity index (χ4v) is 3.11. The molecular formula is C21H17N3O3. The molecule has 0 atom stereocenters. The van der Waals surface area contributed by atoms with Crippen molar-refractivity contribution in [2.45, 2.75) is 13.0 Å². The second-order valence-corrected chi connectivity index (χ2v) is 6.30. The Morgan fingerprint density at radius 3 is 2.41 bits per heavy atom. The van der Waals surface area contributed by atoms with Crippen LogP contribution in [0.25, 0.3) is 21.5 Å². The van der Waals surface area contributed by atoms with Crippen LogP contribution in [0.3, 0.4) is 0 Å². The fraction of sp³-hybridized carbons (Fsp3) is 0.0952. The van der Waals surface area contributed by atoms with E-state index in [1.165, 1.54) is 4.68 Å². The number of anilines is 1. The average molecular weight is 359 g/mol. The molecular weight excluding hydrogens is 342 g/mol. The van der Waals surface area contributed by atoms with Crippen molar-refractivity contribution in [1.29, 1.82) is 0 Å². The Morgan fingerprint density at radius 2 is 1.59 bits per heavy atom. The summed E-state index contributed by atoms with van der Waals surface area (Å²) in [7, 11) is 0. The molecule has 1 aromatic heterocycles. The van der Waals surface area contributed by atoms with Gasteiger partial charge in [-0.1, -0.05) is 42.5 Å². The third kappa shape index (κ3) is 3.37. The summed E-state index contributed by atoms with van der Waals surface area (Å²) in [6.07, 6.45) is 0.0705. The van der Waals surface area contributed by atoms with Gasteiger partial charge in [-0.15, -0.1) is 0 Å². The van der Waals surface area contributed by atoms with Gasteiger partial charge in [0.25, 0.3) is 11.1 Å². The lowest BCUT2D eigenvalue weighted by Crippen LogP contribution is -2.31. The Bertz CT molecular complexity index is 1270. The van der Waals surface area contributed by atoms with E-state index in [9.17, 15) is 14.4 Å². The first kappa shape index (κ1) is 16.8. The minimum atomic E-state index is -0.347. The molecule has 0 aliphatic carbocycles. The number of nitrogens with one attached hydrogen (secondary N) is 2. The molecule has 0 aliphatic rings. The van der Waals surface area contributed by atoms with E-state index in [4.69, 9.17) is 0 Å². The number of rotatable bonds is 4. The minimum absolute atomic E-state index is 0.0705. The molecule has 0 saturated heterocycles. The Hall–Kier alpha value is -3.67. The van der Waals surface area contributed by atoms with Crippen LogP contribution >= 0.6 is 0 Å². The maximum Gasteiger partial charge on any atom is 0.273 e. The molecule has 0 bridgehead atoms. The van der Waals surface area contributed by atoms with Gasteiger partial charge in [-0.3, -0.25) is 19.5 Å². The van der Waals surface area contributed by atoms with Gasteiger partial charge in [-0.05, 0) is 35.0 Å². The van der Waals surface area contributed by atoms with Crippen molar-refractivity contribution in [3.63, 3.8) is 0 Å². The molecule has 0 aliphatic heterocycles. The first-order chi connectivity index (χ1) is 13.1. The van der Waals surface area contributed by atoms with E-state index in [2.05, 4.69) is 10.4 Å². The summed E-state index contributed by atoms with van der Waals surface area (Å²) in [5.74, 6) is -0.230. The molecule has 0 spiro atoms. The van der Waals surface area contributed by atoms with Gasteiger partial charge in [0.2, 0.25) is 5.91 Å². The van der Waals surface area contributed by atoms with Gasteiger partial charge in [0.1, 0.15) is 0 Å². The molecule has 0 unspecified atom stereocenters. The van der Waals surface area contributed by atoms with Crippen LogP contribution in [0.15, 0.2) is 76.3 Å². The highest BCUT2D eigenvalue weighted by Gasteiger charge is 2.09. The lowest BCUT2D eigenvalue weighted by Gasteiger charge is -2.09. The van der Waals surface area contributed by atoms with Crippen molar-refractivity contribution in [2.24, 2.45) is 0 Å². The van der Waals surface area contributed by atoms with E-state index in [0.717, 1.165) is 10.8 Å². The van der Waals surface area contributed by atoms with E-state index in [1.54, 1.807) is 24.3 Å². The van der Waals surface area contributed by atoms with Gasteiger partial charge in [0, 0.05) is 12.1 Å². The molecule has 4 rings (SSSR count). The molecule has 134 valence electrons. The van der Waals surface area contributed by atoms with Crippen molar-refractivity contribution in [2.75, 3.05) is 5.32 Å². The monoisotopic (exact) mass is 359 g/mol. The van der Waals surface area contributed by atoms with Crippen LogP contribution in [0, 0.1) is 0 Å². The van der Waals surface area contributed by atoms with E-state index in [0.29, 0.717) is 16.5 Å². The van der Waals surface area contributed by atoms with E-state index >= 15 is 0 Å². The molecule has 0 saturated carbocycles. The molecule has 6 nitrogen and oxygen atoms in total. The predicted molar refractivity (Wildman–Crippen MR) is 106 cm³/mol. The topological polar surface area (TPSA) is 84.0 Å². The number of aromatic amines is 1. The highest BCUT2D eigenvalue weighted by molar-refractivity contribution is 5.94. The highest BCUT2D eigenvalue weighted by atomic mass is 16.2. The summed E-state index contributed by atoms with van der Waals surface area (Å²) in [4.78, 5) is 36.8. The molecule has 0 radical (unpaired) electrons. The Kier molecular flexibility index (Phi) is 4.30. The molecule has 6 heteroatoms. The number of hydrogen-bond acceptors (Lipinski definition) is 3. The first-order valence-corrected chi connectivity index (χ1v) is 8.62. The number of aryl methyl sites for hydroxylation is 1. The number of nitrogens with zero attached hydrogens (tertiary/aromatic N) is 1. The summed E-state index contributed by atoms with van der Waals surface area (Å²) in [5, 5.41) is 8.18. The summed E-state index contributed by atoms with van der Waals surface area (Å²) in [5.41, 5.74) is 0.0295. The second kappa shape index (κ2) is 6.92. The number of amides is 1. The molecule has 0 fully saturated rings. The maximum atomic E-state index is 12.5. The zero-order valence-corrected chi connectivity index (χ0v) is 14.4. The number of benzene rings is 3. The zero-order chi connectivity index (χ0) is 18.8. The van der Waals surface area contributed by atoms with Gasteiger partial charge in [-0.25, -0.2) is 4.68 Å². The van der Waals surface area contributed by atoms with Crippen LogP contribution in [0.2, 0.25) is 0 Å². The second-order valence-electron chi connectivity index (χ2n) is 6.30. The molecule has 1 amide bonds.